The minimum atomic E-state index is -0.668. The Bertz CT molecular complexity index is 335. The SMILES string of the molecule is Nc1cccc(C=O)c1[N+](=O)[O-]. The molecule has 0 atom stereocenters. The molecule has 0 aliphatic heterocycles. The van der Waals surface area contributed by atoms with E-state index in [1.54, 1.807) is 0 Å². The second-order valence-electron chi connectivity index (χ2n) is 2.16. The molecular formula is C7H6N2O3. The van der Waals surface area contributed by atoms with Crippen LogP contribution in [0.3, 0.4) is 0 Å². The summed E-state index contributed by atoms with van der Waals surface area (Å²) in [5.74, 6) is 0. The second-order valence-corrected chi connectivity index (χ2v) is 2.16. The number of anilines is 1. The molecule has 1 rings (SSSR count). The van der Waals surface area contributed by atoms with E-state index in [2.05, 4.69) is 0 Å². The Hall–Kier alpha value is -1.91. The zero-order valence-corrected chi connectivity index (χ0v) is 6.06. The largest absolute Gasteiger partial charge is 0.393 e. The smallest absolute Gasteiger partial charge is 0.302 e. The number of hydrogen-bond donors (Lipinski definition) is 1. The van der Waals surface area contributed by atoms with Gasteiger partial charge in [-0.05, 0) is 12.1 Å². The quantitative estimate of drug-likeness (QED) is 0.307. The molecule has 2 N–H and O–H groups in total. The number of para-hydroxylation sites is 1. The molecule has 0 bridgehead atoms. The number of nitro benzene ring substituents is 1. The number of hydrogen-bond acceptors (Lipinski definition) is 4. The van der Waals surface area contributed by atoms with E-state index in [0.29, 0.717) is 6.29 Å². The maximum absolute atomic E-state index is 10.4. The van der Waals surface area contributed by atoms with E-state index in [-0.39, 0.29) is 16.9 Å². The summed E-state index contributed by atoms with van der Waals surface area (Å²) in [7, 11) is 0. The molecule has 5 nitrogen and oxygen atoms in total. The lowest BCUT2D eigenvalue weighted by Gasteiger charge is -1.97. The van der Waals surface area contributed by atoms with Crippen LogP contribution < -0.4 is 5.73 Å². The topological polar surface area (TPSA) is 86.2 Å². The summed E-state index contributed by atoms with van der Waals surface area (Å²) in [6, 6.07) is 4.22. The molecule has 5 heteroatoms. The van der Waals surface area contributed by atoms with Crippen molar-refractivity contribution in [3.8, 4) is 0 Å². The third-order valence-electron chi connectivity index (χ3n) is 1.41. The Morgan fingerprint density at radius 1 is 1.50 bits per heavy atom. The van der Waals surface area contributed by atoms with E-state index in [0.717, 1.165) is 0 Å². The Labute approximate surface area is 68.0 Å². The molecule has 12 heavy (non-hydrogen) atoms. The van der Waals surface area contributed by atoms with E-state index >= 15 is 0 Å². The summed E-state index contributed by atoms with van der Waals surface area (Å²) in [6.45, 7) is 0. The number of benzene rings is 1. The lowest BCUT2D eigenvalue weighted by molar-refractivity contribution is -0.384. The highest BCUT2D eigenvalue weighted by atomic mass is 16.6. The van der Waals surface area contributed by atoms with E-state index in [1.165, 1.54) is 18.2 Å². The first-order chi connectivity index (χ1) is 5.66. The van der Waals surface area contributed by atoms with Crippen molar-refractivity contribution in [2.45, 2.75) is 0 Å². The molecule has 0 saturated heterocycles. The highest BCUT2D eigenvalue weighted by Crippen LogP contribution is 2.23. The Kier molecular flexibility index (Phi) is 2.05. The fraction of sp³-hybridized carbons (Fsp3) is 0. The maximum atomic E-state index is 10.4. The summed E-state index contributed by atoms with van der Waals surface area (Å²) < 4.78 is 0. The first-order valence-corrected chi connectivity index (χ1v) is 3.15. The molecule has 0 aliphatic rings. The van der Waals surface area contributed by atoms with Gasteiger partial charge in [0.15, 0.2) is 6.29 Å². The van der Waals surface area contributed by atoms with Gasteiger partial charge < -0.3 is 5.73 Å². The number of carbonyl (C=O) groups is 1. The average molecular weight is 166 g/mol. The van der Waals surface area contributed by atoms with Gasteiger partial charge in [0.2, 0.25) is 0 Å². The fourth-order valence-corrected chi connectivity index (χ4v) is 0.886. The van der Waals surface area contributed by atoms with Gasteiger partial charge in [-0.2, -0.15) is 0 Å². The predicted octanol–water partition coefficient (Wildman–Crippen LogP) is 0.990. The molecule has 0 aromatic heterocycles. The van der Waals surface area contributed by atoms with Crippen molar-refractivity contribution >= 4 is 17.7 Å². The van der Waals surface area contributed by atoms with E-state index < -0.39 is 4.92 Å². The maximum Gasteiger partial charge on any atom is 0.302 e. The van der Waals surface area contributed by atoms with Crippen molar-refractivity contribution in [3.05, 3.63) is 33.9 Å². The van der Waals surface area contributed by atoms with Gasteiger partial charge in [0.05, 0.1) is 10.5 Å². The lowest BCUT2D eigenvalue weighted by Crippen LogP contribution is -1.99. The van der Waals surface area contributed by atoms with Crippen LogP contribution in [0, 0.1) is 10.1 Å². The molecule has 1 aromatic rings. The van der Waals surface area contributed by atoms with Crippen molar-refractivity contribution in [2.75, 3.05) is 5.73 Å². The highest BCUT2D eigenvalue weighted by Gasteiger charge is 2.16. The molecule has 0 fully saturated rings. The van der Waals surface area contributed by atoms with Gasteiger partial charge >= 0.3 is 5.69 Å². The van der Waals surface area contributed by atoms with Crippen LogP contribution in [0.1, 0.15) is 10.4 Å². The van der Waals surface area contributed by atoms with Crippen molar-refractivity contribution in [1.82, 2.24) is 0 Å². The van der Waals surface area contributed by atoms with Crippen molar-refractivity contribution in [1.29, 1.82) is 0 Å². The first-order valence-electron chi connectivity index (χ1n) is 3.15. The number of nitrogens with zero attached hydrogens (tertiary/aromatic N) is 1. The highest BCUT2D eigenvalue weighted by molar-refractivity contribution is 5.85. The molecule has 0 radical (unpaired) electrons. The number of carbonyl (C=O) groups excluding carboxylic acids is 1. The van der Waals surface area contributed by atoms with Crippen LogP contribution in [-0.4, -0.2) is 11.2 Å². The van der Waals surface area contributed by atoms with Gasteiger partial charge in [-0.25, -0.2) is 0 Å². The van der Waals surface area contributed by atoms with E-state index in [4.69, 9.17) is 5.73 Å². The zero-order chi connectivity index (χ0) is 9.14. The monoisotopic (exact) mass is 166 g/mol. The Balaban J connectivity index is 3.39. The molecule has 62 valence electrons. The molecule has 0 saturated carbocycles. The van der Waals surface area contributed by atoms with Crippen LogP contribution >= 0.6 is 0 Å². The number of nitro groups is 1. The normalized spacial score (nSPS) is 9.33. The van der Waals surface area contributed by atoms with Gasteiger partial charge in [-0.15, -0.1) is 0 Å². The van der Waals surface area contributed by atoms with Gasteiger partial charge in [-0.1, -0.05) is 6.07 Å². The Morgan fingerprint density at radius 3 is 2.58 bits per heavy atom. The first kappa shape index (κ1) is 8.19. The minimum absolute atomic E-state index is 0.000000000000000444. The van der Waals surface area contributed by atoms with Crippen LogP contribution in [0.5, 0.6) is 0 Å². The molecule has 0 spiro atoms. The average Bonchev–Trinajstić information content (AvgIpc) is 2.03. The Morgan fingerprint density at radius 2 is 2.17 bits per heavy atom. The van der Waals surface area contributed by atoms with Crippen LogP contribution in [0.25, 0.3) is 0 Å². The molecule has 0 aliphatic carbocycles. The number of aldehydes is 1. The second kappa shape index (κ2) is 3.00. The van der Waals surface area contributed by atoms with Gasteiger partial charge in [-0.3, -0.25) is 14.9 Å². The summed E-state index contributed by atoms with van der Waals surface area (Å²) in [5.41, 5.74) is 4.98. The summed E-state index contributed by atoms with van der Waals surface area (Å²) >= 11 is 0. The van der Waals surface area contributed by atoms with Gasteiger partial charge in [0.1, 0.15) is 5.69 Å². The third-order valence-corrected chi connectivity index (χ3v) is 1.41. The van der Waals surface area contributed by atoms with Crippen LogP contribution in [0.4, 0.5) is 11.4 Å². The summed E-state index contributed by atoms with van der Waals surface area (Å²) in [5, 5.41) is 10.4. The number of rotatable bonds is 2. The van der Waals surface area contributed by atoms with Crippen molar-refractivity contribution in [2.24, 2.45) is 0 Å². The summed E-state index contributed by atoms with van der Waals surface area (Å²) in [4.78, 5) is 20.0. The molecule has 0 amide bonds. The van der Waals surface area contributed by atoms with Crippen LogP contribution in [-0.2, 0) is 0 Å². The molecule has 1 aromatic carbocycles. The minimum Gasteiger partial charge on any atom is -0.393 e. The van der Waals surface area contributed by atoms with Crippen molar-refractivity contribution in [3.63, 3.8) is 0 Å². The third kappa shape index (κ3) is 1.24. The van der Waals surface area contributed by atoms with Gasteiger partial charge in [0, 0.05) is 0 Å². The van der Waals surface area contributed by atoms with Crippen molar-refractivity contribution < 1.29 is 9.72 Å². The molecule has 0 heterocycles. The van der Waals surface area contributed by atoms with Crippen LogP contribution in [0.2, 0.25) is 0 Å². The van der Waals surface area contributed by atoms with Crippen LogP contribution in [0.15, 0.2) is 18.2 Å². The standard InChI is InChI=1S/C7H6N2O3/c8-6-3-1-2-5(4-10)7(6)9(11)12/h1-4H,8H2. The van der Waals surface area contributed by atoms with Gasteiger partial charge in [0.25, 0.3) is 0 Å². The molecule has 0 unspecified atom stereocenters. The van der Waals surface area contributed by atoms with E-state index in [1.807, 2.05) is 0 Å². The molecular weight excluding hydrogens is 160 g/mol. The van der Waals surface area contributed by atoms with E-state index in [9.17, 15) is 14.9 Å². The predicted molar refractivity (Wildman–Crippen MR) is 42.9 cm³/mol. The zero-order valence-electron chi connectivity index (χ0n) is 6.06. The lowest BCUT2D eigenvalue weighted by atomic mass is 10.2. The fourth-order valence-electron chi connectivity index (χ4n) is 0.886. The number of nitrogens with two attached hydrogens (primary N) is 1. The number of nitrogen functional groups attached to an aromatic ring is 1. The summed E-state index contributed by atoms with van der Waals surface area (Å²) in [6.07, 6.45) is 0.411.